The molecule has 0 spiro atoms. The summed E-state index contributed by atoms with van der Waals surface area (Å²) in [4.78, 5) is 24.3. The topological polar surface area (TPSA) is 99.3 Å². The van der Waals surface area contributed by atoms with E-state index in [0.717, 1.165) is 17.1 Å². The van der Waals surface area contributed by atoms with Gasteiger partial charge >= 0.3 is 5.97 Å². The van der Waals surface area contributed by atoms with Crippen LogP contribution in [0.1, 0.15) is 57.4 Å². The molecule has 8 nitrogen and oxygen atoms in total. The fourth-order valence-electron chi connectivity index (χ4n) is 3.81. The molecule has 0 saturated carbocycles. The van der Waals surface area contributed by atoms with Gasteiger partial charge in [-0.1, -0.05) is 39.0 Å². The number of nitro groups is 1. The van der Waals surface area contributed by atoms with E-state index in [1.165, 1.54) is 6.07 Å². The van der Waals surface area contributed by atoms with Gasteiger partial charge in [0.05, 0.1) is 28.7 Å². The highest BCUT2D eigenvalue weighted by molar-refractivity contribution is 5.95. The number of carbonyl (C=O) groups excluding carboxylic acids is 1. The fourth-order valence-corrected chi connectivity index (χ4v) is 3.81. The maximum atomic E-state index is 12.9. The number of allylic oxidation sites excluding steroid dienone is 1. The maximum Gasteiger partial charge on any atom is 0.336 e. The molecule has 0 amide bonds. The van der Waals surface area contributed by atoms with Crippen molar-refractivity contribution in [2.75, 3.05) is 11.9 Å². The number of rotatable bonds is 4. The van der Waals surface area contributed by atoms with Crippen molar-refractivity contribution in [1.29, 1.82) is 0 Å². The van der Waals surface area contributed by atoms with Crippen molar-refractivity contribution in [2.24, 2.45) is 7.05 Å². The zero-order chi connectivity index (χ0) is 21.5. The molecule has 0 fully saturated rings. The average Bonchev–Trinajstić information content (AvgIpc) is 2.97. The second kappa shape index (κ2) is 7.35. The van der Waals surface area contributed by atoms with Gasteiger partial charge in [0.25, 0.3) is 5.69 Å². The number of hydrogen-bond donors (Lipinski definition) is 1. The Morgan fingerprint density at radius 3 is 2.59 bits per heavy atom. The molecule has 1 aliphatic heterocycles. The monoisotopic (exact) mass is 398 g/mol. The van der Waals surface area contributed by atoms with E-state index in [2.05, 4.69) is 5.32 Å². The summed E-state index contributed by atoms with van der Waals surface area (Å²) < 4.78 is 7.04. The Labute approximate surface area is 169 Å². The van der Waals surface area contributed by atoms with E-state index in [1.54, 1.807) is 36.7 Å². The standard InChI is InChI=1S/C21H26N4O4/c1-7-29-20(26)15-12(2)22-19-17(18(21(3,4)5)23-24(19)6)16(15)13-10-8-9-11-14(13)25(27)28/h8-11,16,22H,7H2,1-6H3. The van der Waals surface area contributed by atoms with Crippen LogP contribution < -0.4 is 5.32 Å². The quantitative estimate of drug-likeness (QED) is 0.474. The van der Waals surface area contributed by atoms with Gasteiger partial charge in [-0.05, 0) is 13.8 Å². The van der Waals surface area contributed by atoms with Crippen LogP contribution in [0, 0.1) is 10.1 Å². The molecule has 8 heteroatoms. The van der Waals surface area contributed by atoms with Crippen LogP contribution in [0.3, 0.4) is 0 Å². The van der Waals surface area contributed by atoms with E-state index in [4.69, 9.17) is 9.84 Å². The van der Waals surface area contributed by atoms with Crippen LogP contribution in [-0.4, -0.2) is 27.3 Å². The number of fused-ring (bicyclic) bond motifs is 1. The van der Waals surface area contributed by atoms with Crippen LogP contribution in [0.4, 0.5) is 11.5 Å². The third kappa shape index (κ3) is 3.50. The van der Waals surface area contributed by atoms with Crippen molar-refractivity contribution in [3.8, 4) is 0 Å². The van der Waals surface area contributed by atoms with Crippen LogP contribution in [0.5, 0.6) is 0 Å². The van der Waals surface area contributed by atoms with Gasteiger partial charge in [0.2, 0.25) is 0 Å². The Morgan fingerprint density at radius 2 is 2.00 bits per heavy atom. The Bertz CT molecular complexity index is 1010. The predicted octanol–water partition coefficient (Wildman–Crippen LogP) is 4.02. The van der Waals surface area contributed by atoms with Crippen LogP contribution in [-0.2, 0) is 22.0 Å². The van der Waals surface area contributed by atoms with E-state index in [0.29, 0.717) is 16.8 Å². The van der Waals surface area contributed by atoms with Crippen LogP contribution in [0.2, 0.25) is 0 Å². The SMILES string of the molecule is CCOC(=O)C1=C(C)Nc2c(c(C(C)(C)C)nn2C)C1c1ccccc1[N+](=O)[O-]. The van der Waals surface area contributed by atoms with Crippen LogP contribution in [0.15, 0.2) is 35.5 Å². The summed E-state index contributed by atoms with van der Waals surface area (Å²) in [5.74, 6) is -0.423. The van der Waals surface area contributed by atoms with Crippen molar-refractivity contribution < 1.29 is 14.5 Å². The first-order chi connectivity index (χ1) is 13.6. The first-order valence-electron chi connectivity index (χ1n) is 9.53. The number of ether oxygens (including phenoxy) is 1. The van der Waals surface area contributed by atoms with E-state index < -0.39 is 16.8 Å². The molecular formula is C21H26N4O4. The third-order valence-electron chi connectivity index (χ3n) is 5.02. The Hall–Kier alpha value is -3.16. The number of para-hydroxylation sites is 1. The van der Waals surface area contributed by atoms with Gasteiger partial charge in [-0.2, -0.15) is 5.10 Å². The molecule has 2 heterocycles. The molecule has 1 aromatic heterocycles. The van der Waals surface area contributed by atoms with Gasteiger partial charge in [-0.3, -0.25) is 14.8 Å². The number of hydrogen-bond acceptors (Lipinski definition) is 6. The van der Waals surface area contributed by atoms with Crippen LogP contribution >= 0.6 is 0 Å². The number of aromatic nitrogens is 2. The van der Waals surface area contributed by atoms with Crippen molar-refractivity contribution in [2.45, 2.75) is 46.0 Å². The number of nitrogens with one attached hydrogen (secondary N) is 1. The van der Waals surface area contributed by atoms with E-state index >= 15 is 0 Å². The fraction of sp³-hybridized carbons (Fsp3) is 0.429. The van der Waals surface area contributed by atoms with Gasteiger partial charge in [0, 0.05) is 35.4 Å². The predicted molar refractivity (Wildman–Crippen MR) is 110 cm³/mol. The van der Waals surface area contributed by atoms with Crippen LogP contribution in [0.25, 0.3) is 0 Å². The van der Waals surface area contributed by atoms with Gasteiger partial charge in [-0.25, -0.2) is 4.79 Å². The Morgan fingerprint density at radius 1 is 1.34 bits per heavy atom. The number of nitrogens with zero attached hydrogens (tertiary/aromatic N) is 3. The molecule has 1 atom stereocenters. The number of anilines is 1. The highest BCUT2D eigenvalue weighted by Crippen LogP contribution is 2.48. The molecule has 0 aliphatic carbocycles. The number of esters is 1. The molecule has 0 saturated heterocycles. The number of nitro benzene ring substituents is 1. The lowest BCUT2D eigenvalue weighted by Gasteiger charge is -2.30. The molecule has 1 N–H and O–H groups in total. The highest BCUT2D eigenvalue weighted by Gasteiger charge is 2.42. The minimum absolute atomic E-state index is 0.0383. The van der Waals surface area contributed by atoms with E-state index in [-0.39, 0.29) is 17.7 Å². The summed E-state index contributed by atoms with van der Waals surface area (Å²) in [6, 6.07) is 6.53. The van der Waals surface area contributed by atoms with Gasteiger partial charge in [0.15, 0.2) is 0 Å². The van der Waals surface area contributed by atoms with Gasteiger partial charge < -0.3 is 10.1 Å². The minimum Gasteiger partial charge on any atom is -0.463 e. The van der Waals surface area contributed by atoms with Crippen molar-refractivity contribution in [3.63, 3.8) is 0 Å². The van der Waals surface area contributed by atoms with Crippen molar-refractivity contribution in [3.05, 3.63) is 62.5 Å². The third-order valence-corrected chi connectivity index (χ3v) is 5.02. The summed E-state index contributed by atoms with van der Waals surface area (Å²) in [5, 5.41) is 19.7. The van der Waals surface area contributed by atoms with Gasteiger partial charge in [-0.15, -0.1) is 0 Å². The molecule has 154 valence electrons. The number of carbonyl (C=O) groups is 1. The second-order valence-corrected chi connectivity index (χ2v) is 8.12. The molecule has 1 aliphatic rings. The molecule has 2 aromatic rings. The molecule has 1 aromatic carbocycles. The summed E-state index contributed by atoms with van der Waals surface area (Å²) >= 11 is 0. The lowest BCUT2D eigenvalue weighted by molar-refractivity contribution is -0.385. The van der Waals surface area contributed by atoms with Crippen molar-refractivity contribution >= 4 is 17.5 Å². The largest absolute Gasteiger partial charge is 0.463 e. The molecular weight excluding hydrogens is 372 g/mol. The summed E-state index contributed by atoms with van der Waals surface area (Å²) in [7, 11) is 1.82. The summed E-state index contributed by atoms with van der Waals surface area (Å²) in [5.41, 5.74) is 2.59. The van der Waals surface area contributed by atoms with Gasteiger partial charge in [0.1, 0.15) is 5.82 Å². The lowest BCUT2D eigenvalue weighted by Crippen LogP contribution is -2.27. The molecule has 1 unspecified atom stereocenters. The first kappa shape index (κ1) is 20.6. The normalized spacial score (nSPS) is 16.3. The Kier molecular flexibility index (Phi) is 5.21. The average molecular weight is 398 g/mol. The highest BCUT2D eigenvalue weighted by atomic mass is 16.6. The Balaban J connectivity index is 2.38. The molecule has 3 rings (SSSR count). The molecule has 29 heavy (non-hydrogen) atoms. The number of aryl methyl sites for hydroxylation is 1. The van der Waals surface area contributed by atoms with Crippen molar-refractivity contribution in [1.82, 2.24) is 9.78 Å². The van der Waals surface area contributed by atoms with E-state index in [1.807, 2.05) is 27.8 Å². The first-order valence-corrected chi connectivity index (χ1v) is 9.53. The number of benzene rings is 1. The zero-order valence-corrected chi connectivity index (χ0v) is 17.6. The summed E-state index contributed by atoms with van der Waals surface area (Å²) in [6.45, 7) is 9.82. The molecule has 0 bridgehead atoms. The second-order valence-electron chi connectivity index (χ2n) is 8.12. The minimum atomic E-state index is -0.658. The van der Waals surface area contributed by atoms with E-state index in [9.17, 15) is 14.9 Å². The molecule has 0 radical (unpaired) electrons. The maximum absolute atomic E-state index is 12.9. The summed E-state index contributed by atoms with van der Waals surface area (Å²) in [6.07, 6.45) is 0. The zero-order valence-electron chi connectivity index (χ0n) is 17.6. The lowest BCUT2D eigenvalue weighted by atomic mass is 9.76. The smallest absolute Gasteiger partial charge is 0.336 e.